The number of nitrogens with zero attached hydrogens (tertiary/aromatic N) is 3. The zero-order valence-corrected chi connectivity index (χ0v) is 14.0. The summed E-state index contributed by atoms with van der Waals surface area (Å²) in [7, 11) is 0. The highest BCUT2D eigenvalue weighted by molar-refractivity contribution is 7.10. The van der Waals surface area contributed by atoms with Crippen LogP contribution < -0.4 is 0 Å². The Morgan fingerprint density at radius 1 is 1.52 bits per heavy atom. The van der Waals surface area contributed by atoms with E-state index in [2.05, 4.69) is 5.10 Å². The second kappa shape index (κ2) is 7.57. The third kappa shape index (κ3) is 3.89. The number of aromatic nitrogens is 2. The SMILES string of the molecule is CCOCC[C@H]1CN(C(=O)/C=C/c2cccs2)Cc2ccnn21. The highest BCUT2D eigenvalue weighted by atomic mass is 32.1. The van der Waals surface area contributed by atoms with Gasteiger partial charge in [-0.25, -0.2) is 0 Å². The van der Waals surface area contributed by atoms with E-state index < -0.39 is 0 Å². The molecule has 0 fully saturated rings. The maximum absolute atomic E-state index is 12.5. The lowest BCUT2D eigenvalue weighted by molar-refractivity contribution is -0.128. The van der Waals surface area contributed by atoms with Gasteiger partial charge in [0.05, 0.1) is 18.3 Å². The Morgan fingerprint density at radius 2 is 2.43 bits per heavy atom. The maximum Gasteiger partial charge on any atom is 0.247 e. The molecule has 1 atom stereocenters. The van der Waals surface area contributed by atoms with E-state index in [-0.39, 0.29) is 11.9 Å². The highest BCUT2D eigenvalue weighted by Crippen LogP contribution is 2.23. The maximum atomic E-state index is 12.5. The van der Waals surface area contributed by atoms with Crippen LogP contribution >= 0.6 is 11.3 Å². The lowest BCUT2D eigenvalue weighted by atomic mass is 10.1. The fraction of sp³-hybridized carbons (Fsp3) is 0.412. The van der Waals surface area contributed by atoms with Crippen LogP contribution in [0, 0.1) is 0 Å². The van der Waals surface area contributed by atoms with Gasteiger partial charge in [0.2, 0.25) is 5.91 Å². The number of carbonyl (C=O) groups is 1. The zero-order chi connectivity index (χ0) is 16.1. The molecule has 23 heavy (non-hydrogen) atoms. The largest absolute Gasteiger partial charge is 0.382 e. The van der Waals surface area contributed by atoms with Gasteiger partial charge in [0.25, 0.3) is 0 Å². The van der Waals surface area contributed by atoms with Crippen molar-refractivity contribution < 1.29 is 9.53 Å². The van der Waals surface area contributed by atoms with Crippen LogP contribution in [0.5, 0.6) is 0 Å². The van der Waals surface area contributed by atoms with E-state index in [1.54, 1.807) is 23.6 Å². The van der Waals surface area contributed by atoms with E-state index in [1.807, 2.05) is 46.2 Å². The lowest BCUT2D eigenvalue weighted by Crippen LogP contribution is -2.41. The quantitative estimate of drug-likeness (QED) is 0.604. The van der Waals surface area contributed by atoms with Crippen molar-refractivity contribution in [3.8, 4) is 0 Å². The predicted molar refractivity (Wildman–Crippen MR) is 91.1 cm³/mol. The van der Waals surface area contributed by atoms with Gasteiger partial charge in [0.15, 0.2) is 0 Å². The van der Waals surface area contributed by atoms with Crippen LogP contribution in [-0.2, 0) is 16.1 Å². The highest BCUT2D eigenvalue weighted by Gasteiger charge is 2.27. The van der Waals surface area contributed by atoms with Crippen LogP contribution in [0.15, 0.2) is 35.9 Å². The second-order valence-electron chi connectivity index (χ2n) is 5.47. The molecule has 1 aliphatic heterocycles. The Balaban J connectivity index is 1.68. The summed E-state index contributed by atoms with van der Waals surface area (Å²) in [5.74, 6) is 0.0484. The monoisotopic (exact) mass is 331 g/mol. The molecule has 122 valence electrons. The lowest BCUT2D eigenvalue weighted by Gasteiger charge is -2.33. The molecule has 2 aromatic heterocycles. The van der Waals surface area contributed by atoms with Gasteiger partial charge < -0.3 is 9.64 Å². The molecule has 2 aromatic rings. The molecule has 1 amide bonds. The number of carbonyl (C=O) groups excluding carboxylic acids is 1. The average Bonchev–Trinajstić information content (AvgIpc) is 3.23. The summed E-state index contributed by atoms with van der Waals surface area (Å²) in [4.78, 5) is 15.5. The molecule has 3 rings (SSSR count). The molecule has 0 bridgehead atoms. The minimum atomic E-state index is 0.0484. The molecule has 5 nitrogen and oxygen atoms in total. The number of hydrogen-bond donors (Lipinski definition) is 0. The second-order valence-corrected chi connectivity index (χ2v) is 6.45. The standard InChI is InChI=1S/C17H21N3O2S/c1-2-22-10-8-15-13-19(12-14-7-9-18-20(14)15)17(21)6-5-16-4-3-11-23-16/h3-7,9,11,15H,2,8,10,12-13H2,1H3/b6-5+/t15-/m0/s1. The van der Waals surface area contributed by atoms with Crippen molar-refractivity contribution in [2.75, 3.05) is 19.8 Å². The summed E-state index contributed by atoms with van der Waals surface area (Å²) in [6, 6.07) is 6.15. The first-order valence-corrected chi connectivity index (χ1v) is 8.76. The van der Waals surface area contributed by atoms with E-state index in [1.165, 1.54) is 0 Å². The molecule has 6 heteroatoms. The van der Waals surface area contributed by atoms with Crippen molar-refractivity contribution in [2.45, 2.75) is 25.9 Å². The van der Waals surface area contributed by atoms with Crippen LogP contribution in [-0.4, -0.2) is 40.3 Å². The molecule has 0 aliphatic carbocycles. The first kappa shape index (κ1) is 16.0. The van der Waals surface area contributed by atoms with Crippen molar-refractivity contribution in [1.29, 1.82) is 0 Å². The Labute approximate surface area is 140 Å². The Bertz CT molecular complexity index is 663. The minimum absolute atomic E-state index is 0.0484. The van der Waals surface area contributed by atoms with Gasteiger partial charge in [0, 0.05) is 36.9 Å². The van der Waals surface area contributed by atoms with Gasteiger partial charge in [-0.05, 0) is 36.9 Å². The number of hydrogen-bond acceptors (Lipinski definition) is 4. The average molecular weight is 331 g/mol. The van der Waals surface area contributed by atoms with Gasteiger partial charge in [-0.1, -0.05) is 6.07 Å². The van der Waals surface area contributed by atoms with Crippen LogP contribution in [0.2, 0.25) is 0 Å². The molecule has 0 saturated carbocycles. The summed E-state index contributed by atoms with van der Waals surface area (Å²) in [6.07, 6.45) is 6.21. The molecule has 3 heterocycles. The fourth-order valence-electron chi connectivity index (χ4n) is 2.78. The number of rotatable bonds is 6. The number of fused-ring (bicyclic) bond motifs is 1. The third-order valence-corrected chi connectivity index (χ3v) is 4.76. The number of ether oxygens (including phenoxy) is 1. The summed E-state index contributed by atoms with van der Waals surface area (Å²) >= 11 is 1.63. The molecule has 0 N–H and O–H groups in total. The molecular formula is C17H21N3O2S. The first-order chi connectivity index (χ1) is 11.3. The molecule has 1 aliphatic rings. The molecule has 0 saturated heterocycles. The van der Waals surface area contributed by atoms with Crippen molar-refractivity contribution in [3.63, 3.8) is 0 Å². The van der Waals surface area contributed by atoms with E-state index in [4.69, 9.17) is 4.74 Å². The topological polar surface area (TPSA) is 47.4 Å². The van der Waals surface area contributed by atoms with Gasteiger partial charge in [-0.15, -0.1) is 11.3 Å². The smallest absolute Gasteiger partial charge is 0.247 e. The molecule has 0 unspecified atom stereocenters. The molecule has 0 spiro atoms. The normalized spacial score (nSPS) is 17.6. The predicted octanol–water partition coefficient (Wildman–Crippen LogP) is 2.97. The summed E-state index contributed by atoms with van der Waals surface area (Å²) in [5, 5.41) is 6.41. The van der Waals surface area contributed by atoms with Crippen molar-refractivity contribution in [1.82, 2.24) is 14.7 Å². The van der Waals surface area contributed by atoms with Gasteiger partial charge in [-0.2, -0.15) is 5.10 Å². The Morgan fingerprint density at radius 3 is 3.22 bits per heavy atom. The summed E-state index contributed by atoms with van der Waals surface area (Å²) < 4.78 is 7.50. The first-order valence-electron chi connectivity index (χ1n) is 7.88. The van der Waals surface area contributed by atoms with Gasteiger partial charge in [0.1, 0.15) is 0 Å². The van der Waals surface area contributed by atoms with Crippen LogP contribution in [0.3, 0.4) is 0 Å². The van der Waals surface area contributed by atoms with Crippen molar-refractivity contribution in [2.24, 2.45) is 0 Å². The molecular weight excluding hydrogens is 310 g/mol. The fourth-order valence-corrected chi connectivity index (χ4v) is 3.40. The van der Waals surface area contributed by atoms with E-state index >= 15 is 0 Å². The Hall–Kier alpha value is -1.92. The van der Waals surface area contributed by atoms with Crippen molar-refractivity contribution in [3.05, 3.63) is 46.4 Å². The van der Waals surface area contributed by atoms with Crippen LogP contribution in [0.4, 0.5) is 0 Å². The summed E-state index contributed by atoms with van der Waals surface area (Å²) in [6.45, 7) is 4.68. The van der Waals surface area contributed by atoms with Gasteiger partial charge in [-0.3, -0.25) is 9.48 Å². The van der Waals surface area contributed by atoms with Crippen LogP contribution in [0.1, 0.15) is 30.0 Å². The van der Waals surface area contributed by atoms with Crippen molar-refractivity contribution >= 4 is 23.3 Å². The number of amides is 1. The van der Waals surface area contributed by atoms with Crippen LogP contribution in [0.25, 0.3) is 6.08 Å². The summed E-state index contributed by atoms with van der Waals surface area (Å²) in [5.41, 5.74) is 1.08. The van der Waals surface area contributed by atoms with E-state index in [0.29, 0.717) is 26.3 Å². The number of thiophene rings is 1. The Kier molecular flexibility index (Phi) is 5.25. The van der Waals surface area contributed by atoms with E-state index in [0.717, 1.165) is 17.0 Å². The van der Waals surface area contributed by atoms with Gasteiger partial charge >= 0.3 is 0 Å². The molecule has 0 radical (unpaired) electrons. The molecule has 0 aromatic carbocycles. The zero-order valence-electron chi connectivity index (χ0n) is 13.2. The minimum Gasteiger partial charge on any atom is -0.382 e. The third-order valence-electron chi connectivity index (χ3n) is 3.93. The van der Waals surface area contributed by atoms with E-state index in [9.17, 15) is 4.79 Å².